The van der Waals surface area contributed by atoms with Crippen LogP contribution in [0, 0.1) is 11.3 Å². The van der Waals surface area contributed by atoms with Crippen molar-refractivity contribution in [2.45, 2.75) is 32.1 Å². The number of methoxy groups -OCH3 is 1. The van der Waals surface area contributed by atoms with E-state index >= 15 is 0 Å². The zero-order chi connectivity index (χ0) is 19.1. The van der Waals surface area contributed by atoms with E-state index in [0.29, 0.717) is 18.1 Å². The molecule has 136 valence electrons. The lowest BCUT2D eigenvalue weighted by atomic mass is 9.92. The van der Waals surface area contributed by atoms with E-state index in [-0.39, 0.29) is 12.3 Å². The third-order valence-corrected chi connectivity index (χ3v) is 4.25. The number of ether oxygens (including phenoxy) is 1. The summed E-state index contributed by atoms with van der Waals surface area (Å²) in [7, 11) is 1.58. The third kappa shape index (κ3) is 5.08. The van der Waals surface area contributed by atoms with Gasteiger partial charge in [0.25, 0.3) is 0 Å². The van der Waals surface area contributed by atoms with Crippen molar-refractivity contribution < 1.29 is 14.6 Å². The molecule has 2 N–H and O–H groups in total. The van der Waals surface area contributed by atoms with Crippen LogP contribution in [0.3, 0.4) is 0 Å². The maximum Gasteiger partial charge on any atom is 0.304 e. The highest BCUT2D eigenvalue weighted by molar-refractivity contribution is 5.69. The molecular formula is C21H24N2O3. The summed E-state index contributed by atoms with van der Waals surface area (Å²) in [4.78, 5) is 11.2. The Kier molecular flexibility index (Phi) is 6.76. The van der Waals surface area contributed by atoms with E-state index in [1.165, 1.54) is 0 Å². The van der Waals surface area contributed by atoms with Crippen LogP contribution in [-0.2, 0) is 9.53 Å². The summed E-state index contributed by atoms with van der Waals surface area (Å²) in [5.74, 6) is -0.743. The van der Waals surface area contributed by atoms with Gasteiger partial charge in [-0.3, -0.25) is 4.79 Å². The molecule has 0 fully saturated rings. The number of nitriles is 1. The van der Waals surface area contributed by atoms with Gasteiger partial charge in [-0.2, -0.15) is 5.26 Å². The molecular weight excluding hydrogens is 328 g/mol. The lowest BCUT2D eigenvalue weighted by Gasteiger charge is -2.20. The summed E-state index contributed by atoms with van der Waals surface area (Å²) in [6, 6.07) is 15.4. The average molecular weight is 352 g/mol. The van der Waals surface area contributed by atoms with Gasteiger partial charge >= 0.3 is 5.97 Å². The van der Waals surface area contributed by atoms with E-state index in [2.05, 4.69) is 25.2 Å². The molecule has 0 aromatic heterocycles. The van der Waals surface area contributed by atoms with Crippen LogP contribution in [0.5, 0.6) is 0 Å². The Morgan fingerprint density at radius 1 is 1.23 bits per heavy atom. The Hall–Kier alpha value is -2.84. The van der Waals surface area contributed by atoms with Crippen LogP contribution in [0.15, 0.2) is 42.5 Å². The van der Waals surface area contributed by atoms with E-state index in [9.17, 15) is 9.90 Å². The van der Waals surface area contributed by atoms with Crippen molar-refractivity contribution in [3.63, 3.8) is 0 Å². The number of anilines is 2. The summed E-state index contributed by atoms with van der Waals surface area (Å²) >= 11 is 0. The molecule has 0 saturated heterocycles. The van der Waals surface area contributed by atoms with Gasteiger partial charge in [0.05, 0.1) is 24.7 Å². The van der Waals surface area contributed by atoms with Crippen LogP contribution in [0.1, 0.15) is 48.8 Å². The molecule has 0 heterocycles. The second-order valence-corrected chi connectivity index (χ2v) is 6.57. The molecule has 0 spiro atoms. The summed E-state index contributed by atoms with van der Waals surface area (Å²) in [5.41, 5.74) is 4.49. The number of hydrogen-bond donors (Lipinski definition) is 2. The van der Waals surface area contributed by atoms with Gasteiger partial charge in [-0.05, 0) is 47.4 Å². The minimum absolute atomic E-state index is 0.0190. The maximum absolute atomic E-state index is 11.2. The van der Waals surface area contributed by atoms with Crippen molar-refractivity contribution in [2.24, 2.45) is 0 Å². The number of carbonyl (C=O) groups is 1. The fourth-order valence-electron chi connectivity index (χ4n) is 2.91. The summed E-state index contributed by atoms with van der Waals surface area (Å²) < 4.78 is 5.21. The second kappa shape index (κ2) is 9.02. The summed E-state index contributed by atoms with van der Waals surface area (Å²) in [5, 5.41) is 21.5. The zero-order valence-corrected chi connectivity index (χ0v) is 15.3. The van der Waals surface area contributed by atoms with Crippen molar-refractivity contribution in [3.8, 4) is 6.07 Å². The molecule has 0 aliphatic rings. The zero-order valence-electron chi connectivity index (χ0n) is 15.3. The highest BCUT2D eigenvalue weighted by atomic mass is 16.5. The second-order valence-electron chi connectivity index (χ2n) is 6.57. The molecule has 2 rings (SSSR count). The quantitative estimate of drug-likeness (QED) is 0.724. The number of carboxylic acid groups (broad SMARTS) is 1. The van der Waals surface area contributed by atoms with Gasteiger partial charge < -0.3 is 15.2 Å². The first-order valence-electron chi connectivity index (χ1n) is 8.56. The molecule has 1 atom stereocenters. The van der Waals surface area contributed by atoms with E-state index in [1.54, 1.807) is 19.2 Å². The SMILES string of the molecule is COC[C@@H](CC(=O)O)c1ccc(C(C)C)c(Nc2ccc(C#N)cc2)c1. The van der Waals surface area contributed by atoms with Gasteiger partial charge in [0.2, 0.25) is 0 Å². The van der Waals surface area contributed by atoms with Crippen LogP contribution >= 0.6 is 0 Å². The van der Waals surface area contributed by atoms with Crippen molar-refractivity contribution in [1.82, 2.24) is 0 Å². The Morgan fingerprint density at radius 2 is 1.92 bits per heavy atom. The minimum atomic E-state index is -0.846. The van der Waals surface area contributed by atoms with Gasteiger partial charge in [0.1, 0.15) is 0 Å². The molecule has 0 bridgehead atoms. The van der Waals surface area contributed by atoms with Crippen molar-refractivity contribution >= 4 is 17.3 Å². The topological polar surface area (TPSA) is 82.3 Å². The van der Waals surface area contributed by atoms with Crippen molar-refractivity contribution in [3.05, 3.63) is 59.2 Å². The van der Waals surface area contributed by atoms with E-state index < -0.39 is 5.97 Å². The monoisotopic (exact) mass is 352 g/mol. The number of nitrogens with zero attached hydrogens (tertiary/aromatic N) is 1. The third-order valence-electron chi connectivity index (χ3n) is 4.25. The Morgan fingerprint density at radius 3 is 2.46 bits per heavy atom. The van der Waals surface area contributed by atoms with E-state index in [0.717, 1.165) is 22.5 Å². The molecule has 0 saturated carbocycles. The first-order valence-corrected chi connectivity index (χ1v) is 8.56. The number of carboxylic acids is 1. The van der Waals surface area contributed by atoms with Crippen LogP contribution in [-0.4, -0.2) is 24.8 Å². The number of aliphatic carboxylic acids is 1. The molecule has 5 heteroatoms. The summed E-state index contributed by atoms with van der Waals surface area (Å²) in [6.07, 6.45) is 0.0190. The predicted octanol–water partition coefficient (Wildman–Crippen LogP) is 4.63. The lowest BCUT2D eigenvalue weighted by Crippen LogP contribution is -2.12. The average Bonchev–Trinajstić information content (AvgIpc) is 2.61. The highest BCUT2D eigenvalue weighted by Gasteiger charge is 2.18. The Labute approximate surface area is 154 Å². The van der Waals surface area contributed by atoms with Crippen LogP contribution in [0.25, 0.3) is 0 Å². The standard InChI is InChI=1S/C21H24N2O3/c1-14(2)19-9-6-16(17(13-26-3)11-21(24)25)10-20(19)23-18-7-4-15(12-22)5-8-18/h4-10,14,17,23H,11,13H2,1-3H3,(H,24,25)/t17-/m1/s1. The number of hydrogen-bond acceptors (Lipinski definition) is 4. The van der Waals surface area contributed by atoms with Gasteiger partial charge in [-0.1, -0.05) is 26.0 Å². The van der Waals surface area contributed by atoms with E-state index in [4.69, 9.17) is 10.00 Å². The molecule has 26 heavy (non-hydrogen) atoms. The van der Waals surface area contributed by atoms with Crippen LogP contribution in [0.2, 0.25) is 0 Å². The molecule has 0 radical (unpaired) electrons. The lowest BCUT2D eigenvalue weighted by molar-refractivity contribution is -0.137. The fraction of sp³-hybridized carbons (Fsp3) is 0.333. The molecule has 5 nitrogen and oxygen atoms in total. The maximum atomic E-state index is 11.2. The molecule has 0 amide bonds. The normalized spacial score (nSPS) is 11.8. The highest BCUT2D eigenvalue weighted by Crippen LogP contribution is 2.32. The number of benzene rings is 2. The summed E-state index contributed by atoms with van der Waals surface area (Å²) in [6.45, 7) is 4.58. The largest absolute Gasteiger partial charge is 0.481 e. The molecule has 2 aromatic rings. The van der Waals surface area contributed by atoms with Crippen molar-refractivity contribution in [2.75, 3.05) is 19.0 Å². The van der Waals surface area contributed by atoms with Gasteiger partial charge in [-0.15, -0.1) is 0 Å². The van der Waals surface area contributed by atoms with Crippen LogP contribution in [0.4, 0.5) is 11.4 Å². The predicted molar refractivity (Wildman–Crippen MR) is 102 cm³/mol. The van der Waals surface area contributed by atoms with Crippen LogP contribution < -0.4 is 5.32 Å². The first kappa shape index (κ1) is 19.5. The number of rotatable bonds is 8. The molecule has 0 unspecified atom stereocenters. The number of nitrogens with one attached hydrogen (secondary N) is 1. The fourth-order valence-corrected chi connectivity index (χ4v) is 2.91. The minimum Gasteiger partial charge on any atom is -0.481 e. The van der Waals surface area contributed by atoms with E-state index in [1.807, 2.05) is 30.3 Å². The van der Waals surface area contributed by atoms with Gasteiger partial charge in [0.15, 0.2) is 0 Å². The molecule has 0 aliphatic heterocycles. The molecule has 2 aromatic carbocycles. The molecule has 0 aliphatic carbocycles. The smallest absolute Gasteiger partial charge is 0.304 e. The Balaban J connectivity index is 2.37. The van der Waals surface area contributed by atoms with Gasteiger partial charge in [-0.25, -0.2) is 0 Å². The Bertz CT molecular complexity index is 792. The van der Waals surface area contributed by atoms with Gasteiger partial charge in [0, 0.05) is 24.4 Å². The first-order chi connectivity index (χ1) is 12.4. The van der Waals surface area contributed by atoms with Crippen molar-refractivity contribution in [1.29, 1.82) is 5.26 Å².